The molecule has 0 atom stereocenters. The van der Waals surface area contributed by atoms with E-state index >= 15 is 0 Å². The van der Waals surface area contributed by atoms with Crippen LogP contribution in [0.3, 0.4) is 0 Å². The summed E-state index contributed by atoms with van der Waals surface area (Å²) in [5, 5.41) is 2.28. The van der Waals surface area contributed by atoms with Crippen molar-refractivity contribution in [1.29, 1.82) is 0 Å². The topological polar surface area (TPSA) is 29.1 Å². The highest BCUT2D eigenvalue weighted by Crippen LogP contribution is 2.19. The highest BCUT2D eigenvalue weighted by molar-refractivity contribution is 7.99. The van der Waals surface area contributed by atoms with E-state index in [-0.39, 0.29) is 22.8 Å². The smallest absolute Gasteiger partial charge is 0.234 e. The van der Waals surface area contributed by atoms with Crippen LogP contribution in [0, 0.1) is 23.3 Å². The summed E-state index contributed by atoms with van der Waals surface area (Å²) >= 11 is 1.05. The van der Waals surface area contributed by atoms with E-state index < -0.39 is 29.2 Å². The number of rotatable bonds is 5. The molecular weight excluding hydrogens is 318 g/mol. The lowest BCUT2D eigenvalue weighted by atomic mass is 10.2. The Morgan fingerprint density at radius 1 is 1.05 bits per heavy atom. The molecule has 0 saturated heterocycles. The Kier molecular flexibility index (Phi) is 5.43. The lowest BCUT2D eigenvalue weighted by Gasteiger charge is -2.07. The van der Waals surface area contributed by atoms with Crippen LogP contribution in [-0.2, 0) is 10.5 Å². The average Bonchev–Trinajstić information content (AvgIpc) is 2.46. The van der Waals surface area contributed by atoms with Crippen molar-refractivity contribution in [3.05, 3.63) is 65.2 Å². The van der Waals surface area contributed by atoms with Gasteiger partial charge in [0.25, 0.3) is 0 Å². The Balaban J connectivity index is 1.87. The third-order valence-electron chi connectivity index (χ3n) is 2.73. The van der Waals surface area contributed by atoms with Gasteiger partial charge in [0.1, 0.15) is 11.6 Å². The van der Waals surface area contributed by atoms with Crippen LogP contribution < -0.4 is 5.32 Å². The molecule has 2 nitrogen and oxygen atoms in total. The predicted molar refractivity (Wildman–Crippen MR) is 77.5 cm³/mol. The van der Waals surface area contributed by atoms with E-state index in [2.05, 4.69) is 5.32 Å². The van der Waals surface area contributed by atoms with E-state index in [0.717, 1.165) is 30.0 Å². The summed E-state index contributed by atoms with van der Waals surface area (Å²) in [4.78, 5) is 11.6. The Hall–Kier alpha value is -2.02. The van der Waals surface area contributed by atoms with Crippen molar-refractivity contribution in [3.8, 4) is 0 Å². The maximum absolute atomic E-state index is 13.4. The molecule has 0 aliphatic carbocycles. The molecule has 0 aliphatic rings. The second-order valence-corrected chi connectivity index (χ2v) is 5.36. The number of benzene rings is 2. The first-order valence-electron chi connectivity index (χ1n) is 6.23. The first-order valence-corrected chi connectivity index (χ1v) is 7.38. The third kappa shape index (κ3) is 4.24. The molecule has 2 rings (SSSR count). The molecule has 0 heterocycles. The number of amides is 1. The minimum atomic E-state index is -0.948. The van der Waals surface area contributed by atoms with Gasteiger partial charge < -0.3 is 5.32 Å². The quantitative estimate of drug-likeness (QED) is 0.836. The van der Waals surface area contributed by atoms with Crippen molar-refractivity contribution in [2.24, 2.45) is 0 Å². The van der Waals surface area contributed by atoms with Crippen LogP contribution in [0.25, 0.3) is 0 Å². The van der Waals surface area contributed by atoms with Crippen molar-refractivity contribution in [3.63, 3.8) is 0 Å². The lowest BCUT2D eigenvalue weighted by Crippen LogP contribution is -2.15. The monoisotopic (exact) mass is 329 g/mol. The van der Waals surface area contributed by atoms with Crippen LogP contribution in [0.5, 0.6) is 0 Å². The maximum Gasteiger partial charge on any atom is 0.234 e. The average molecular weight is 329 g/mol. The number of hydrogen-bond donors (Lipinski definition) is 1. The molecule has 0 unspecified atom stereocenters. The first-order chi connectivity index (χ1) is 10.5. The second-order valence-electron chi connectivity index (χ2n) is 4.38. The molecule has 22 heavy (non-hydrogen) atoms. The van der Waals surface area contributed by atoms with Gasteiger partial charge in [0.05, 0.1) is 11.4 Å². The number of hydrogen-bond acceptors (Lipinski definition) is 2. The summed E-state index contributed by atoms with van der Waals surface area (Å²) < 4.78 is 52.4. The molecule has 7 heteroatoms. The van der Waals surface area contributed by atoms with Crippen LogP contribution in [0.1, 0.15) is 5.56 Å². The molecule has 0 aliphatic heterocycles. The van der Waals surface area contributed by atoms with Crippen molar-refractivity contribution in [2.45, 2.75) is 5.75 Å². The standard InChI is InChI=1S/C15H11F4NOS/c16-10-4-5-13(12(18)6-10)20-14(21)8-22-7-9-2-1-3-11(17)15(9)19/h1-6H,7-8H2,(H,20,21). The number of thioether (sulfide) groups is 1. The van der Waals surface area contributed by atoms with Gasteiger partial charge in [-0.3, -0.25) is 4.79 Å². The molecule has 2 aromatic rings. The van der Waals surface area contributed by atoms with Crippen LogP contribution in [0.2, 0.25) is 0 Å². The van der Waals surface area contributed by atoms with E-state index in [1.165, 1.54) is 12.1 Å². The largest absolute Gasteiger partial charge is 0.323 e. The van der Waals surface area contributed by atoms with Crippen LogP contribution in [-0.4, -0.2) is 11.7 Å². The van der Waals surface area contributed by atoms with Gasteiger partial charge in [-0.15, -0.1) is 11.8 Å². The zero-order valence-corrected chi connectivity index (χ0v) is 12.0. The summed E-state index contributed by atoms with van der Waals surface area (Å²) in [6.45, 7) is 0. The Morgan fingerprint density at radius 2 is 1.82 bits per heavy atom. The predicted octanol–water partition coefficient (Wildman–Crippen LogP) is 4.11. The molecule has 1 amide bonds. The molecule has 0 fully saturated rings. The number of carbonyl (C=O) groups is 1. The molecule has 0 bridgehead atoms. The molecule has 1 N–H and O–H groups in total. The second kappa shape index (κ2) is 7.31. The van der Waals surface area contributed by atoms with Gasteiger partial charge >= 0.3 is 0 Å². The molecule has 0 radical (unpaired) electrons. The number of halogens is 4. The van der Waals surface area contributed by atoms with Crippen LogP contribution in [0.15, 0.2) is 36.4 Å². The zero-order valence-electron chi connectivity index (χ0n) is 11.2. The summed E-state index contributed by atoms with van der Waals surface area (Å²) in [6, 6.07) is 6.59. The van der Waals surface area contributed by atoms with Crippen molar-refractivity contribution >= 4 is 23.4 Å². The zero-order chi connectivity index (χ0) is 16.1. The normalized spacial score (nSPS) is 10.5. The van der Waals surface area contributed by atoms with Crippen molar-refractivity contribution in [2.75, 3.05) is 11.1 Å². The summed E-state index contributed by atoms with van der Waals surface area (Å²) in [7, 11) is 0. The Bertz CT molecular complexity index is 693. The van der Waals surface area contributed by atoms with Crippen molar-refractivity contribution in [1.82, 2.24) is 0 Å². The highest BCUT2D eigenvalue weighted by Gasteiger charge is 2.10. The van der Waals surface area contributed by atoms with E-state index in [1.807, 2.05) is 0 Å². The van der Waals surface area contributed by atoms with E-state index in [0.29, 0.717) is 6.07 Å². The third-order valence-corrected chi connectivity index (χ3v) is 3.71. The van der Waals surface area contributed by atoms with Gasteiger partial charge in [0, 0.05) is 17.4 Å². The fourth-order valence-electron chi connectivity index (χ4n) is 1.69. The van der Waals surface area contributed by atoms with Gasteiger partial charge in [0.15, 0.2) is 11.6 Å². The number of anilines is 1. The number of carbonyl (C=O) groups excluding carboxylic acids is 1. The van der Waals surface area contributed by atoms with E-state index in [4.69, 9.17) is 0 Å². The molecular formula is C15H11F4NOS. The van der Waals surface area contributed by atoms with E-state index in [1.54, 1.807) is 0 Å². The molecule has 0 aromatic heterocycles. The Morgan fingerprint density at radius 3 is 2.55 bits per heavy atom. The maximum atomic E-state index is 13.4. The molecule has 116 valence electrons. The van der Waals surface area contributed by atoms with Gasteiger partial charge in [-0.25, -0.2) is 17.6 Å². The van der Waals surface area contributed by atoms with E-state index in [9.17, 15) is 22.4 Å². The van der Waals surface area contributed by atoms with Gasteiger partial charge in [-0.1, -0.05) is 12.1 Å². The minimum absolute atomic E-state index is 0.0766. The number of nitrogens with one attached hydrogen (secondary N) is 1. The van der Waals surface area contributed by atoms with Gasteiger partial charge in [-0.2, -0.15) is 0 Å². The highest BCUT2D eigenvalue weighted by atomic mass is 32.2. The first kappa shape index (κ1) is 16.4. The minimum Gasteiger partial charge on any atom is -0.323 e. The lowest BCUT2D eigenvalue weighted by molar-refractivity contribution is -0.113. The SMILES string of the molecule is O=C(CSCc1cccc(F)c1F)Nc1ccc(F)cc1F. The Labute approximate surface area is 128 Å². The summed E-state index contributed by atoms with van der Waals surface area (Å²) in [6.07, 6.45) is 0. The molecule has 2 aromatic carbocycles. The fraction of sp³-hybridized carbons (Fsp3) is 0.133. The fourth-order valence-corrected chi connectivity index (χ4v) is 2.49. The van der Waals surface area contributed by atoms with Crippen LogP contribution >= 0.6 is 11.8 Å². The summed E-state index contributed by atoms with van der Waals surface area (Å²) in [5.41, 5.74) is 0.00898. The molecule has 0 spiro atoms. The van der Waals surface area contributed by atoms with Crippen molar-refractivity contribution < 1.29 is 22.4 Å². The van der Waals surface area contributed by atoms with Crippen LogP contribution in [0.4, 0.5) is 23.2 Å². The molecule has 0 saturated carbocycles. The summed E-state index contributed by atoms with van der Waals surface area (Å²) in [5.74, 6) is -4.01. The van der Waals surface area contributed by atoms with Gasteiger partial charge in [-0.05, 0) is 18.2 Å². The van der Waals surface area contributed by atoms with Gasteiger partial charge in [0.2, 0.25) is 5.91 Å².